The molecule has 2 aromatic carbocycles. The van der Waals surface area contributed by atoms with E-state index in [-0.39, 0.29) is 29.6 Å². The molecule has 1 amide bonds. The average Bonchev–Trinajstić information content (AvgIpc) is 2.77. The molecular weight excluding hydrogens is 414 g/mol. The number of aryl methyl sites for hydroxylation is 1. The monoisotopic (exact) mass is 445 g/mol. The minimum atomic E-state index is -3.93. The van der Waals surface area contributed by atoms with Crippen molar-refractivity contribution in [3.63, 3.8) is 0 Å². The van der Waals surface area contributed by atoms with E-state index in [2.05, 4.69) is 4.90 Å². The van der Waals surface area contributed by atoms with Gasteiger partial charge in [0.05, 0.1) is 13.7 Å². The summed E-state index contributed by atoms with van der Waals surface area (Å²) < 4.78 is 33.9. The van der Waals surface area contributed by atoms with E-state index < -0.39 is 10.0 Å². The van der Waals surface area contributed by atoms with Gasteiger partial charge in [0.15, 0.2) is 0 Å². The van der Waals surface area contributed by atoms with Crippen LogP contribution in [0.25, 0.3) is 0 Å². The zero-order valence-corrected chi connectivity index (χ0v) is 19.3. The predicted molar refractivity (Wildman–Crippen MR) is 121 cm³/mol. The van der Waals surface area contributed by atoms with Crippen LogP contribution in [-0.2, 0) is 21.2 Å². The number of ether oxygens (including phenoxy) is 1. The molecule has 2 aromatic rings. The number of carbonyl (C=O) groups is 1. The Kier molecular flexibility index (Phi) is 7.69. The van der Waals surface area contributed by atoms with E-state index in [0.717, 1.165) is 24.2 Å². The van der Waals surface area contributed by atoms with Crippen molar-refractivity contribution in [2.75, 3.05) is 53.4 Å². The van der Waals surface area contributed by atoms with Gasteiger partial charge in [-0.15, -0.1) is 0 Å². The summed E-state index contributed by atoms with van der Waals surface area (Å²) in [5.41, 5.74) is 1.83. The van der Waals surface area contributed by atoms with Gasteiger partial charge in [0.1, 0.15) is 10.6 Å². The van der Waals surface area contributed by atoms with Crippen LogP contribution >= 0.6 is 0 Å². The van der Waals surface area contributed by atoms with Crippen LogP contribution in [0.2, 0.25) is 0 Å². The SMILES string of the molecule is COc1ccc(C)cc1S(=O)(=O)N(CCc1ccccc1)CC(=O)N1CCN(C)CC1. The molecule has 1 aliphatic rings. The second-order valence-electron chi connectivity index (χ2n) is 7.91. The molecule has 1 fully saturated rings. The fraction of sp³-hybridized carbons (Fsp3) is 0.435. The Morgan fingerprint density at radius 1 is 1.06 bits per heavy atom. The zero-order chi connectivity index (χ0) is 22.4. The average molecular weight is 446 g/mol. The second kappa shape index (κ2) is 10.3. The van der Waals surface area contributed by atoms with Crippen molar-refractivity contribution in [1.29, 1.82) is 0 Å². The molecular formula is C23H31N3O4S. The summed E-state index contributed by atoms with van der Waals surface area (Å²) in [5.74, 6) is 0.110. The second-order valence-corrected chi connectivity index (χ2v) is 9.82. The minimum absolute atomic E-state index is 0.0919. The lowest BCUT2D eigenvalue weighted by Crippen LogP contribution is -2.51. The van der Waals surface area contributed by atoms with Gasteiger partial charge in [-0.1, -0.05) is 36.4 Å². The third kappa shape index (κ3) is 5.84. The van der Waals surface area contributed by atoms with Gasteiger partial charge < -0.3 is 14.5 Å². The number of hydrogen-bond acceptors (Lipinski definition) is 5. The molecule has 0 spiro atoms. The van der Waals surface area contributed by atoms with Gasteiger partial charge in [-0.05, 0) is 43.7 Å². The molecule has 0 aromatic heterocycles. The van der Waals surface area contributed by atoms with Crippen LogP contribution in [0.15, 0.2) is 53.4 Å². The lowest BCUT2D eigenvalue weighted by Gasteiger charge is -2.34. The summed E-state index contributed by atoms with van der Waals surface area (Å²) in [5, 5.41) is 0. The maximum Gasteiger partial charge on any atom is 0.247 e. The first kappa shape index (κ1) is 23.2. The third-order valence-electron chi connectivity index (χ3n) is 5.60. The van der Waals surface area contributed by atoms with E-state index in [1.165, 1.54) is 11.4 Å². The minimum Gasteiger partial charge on any atom is -0.495 e. The lowest BCUT2D eigenvalue weighted by atomic mass is 10.1. The highest BCUT2D eigenvalue weighted by Gasteiger charge is 2.31. The topological polar surface area (TPSA) is 70.2 Å². The molecule has 0 saturated carbocycles. The maximum absolute atomic E-state index is 13.6. The first-order valence-electron chi connectivity index (χ1n) is 10.5. The smallest absolute Gasteiger partial charge is 0.247 e. The first-order chi connectivity index (χ1) is 14.8. The van der Waals surface area contributed by atoms with E-state index in [0.29, 0.717) is 19.5 Å². The molecule has 1 heterocycles. The highest BCUT2D eigenvalue weighted by atomic mass is 32.2. The largest absolute Gasteiger partial charge is 0.495 e. The molecule has 7 nitrogen and oxygen atoms in total. The number of piperazine rings is 1. The number of rotatable bonds is 8. The van der Waals surface area contributed by atoms with Crippen molar-refractivity contribution in [3.8, 4) is 5.75 Å². The van der Waals surface area contributed by atoms with E-state index in [9.17, 15) is 13.2 Å². The molecule has 31 heavy (non-hydrogen) atoms. The van der Waals surface area contributed by atoms with Gasteiger partial charge in [-0.3, -0.25) is 4.79 Å². The number of sulfonamides is 1. The summed E-state index contributed by atoms with van der Waals surface area (Å²) in [6.07, 6.45) is 0.518. The van der Waals surface area contributed by atoms with Crippen molar-refractivity contribution >= 4 is 15.9 Å². The van der Waals surface area contributed by atoms with Crippen molar-refractivity contribution < 1.29 is 17.9 Å². The Balaban J connectivity index is 1.87. The third-order valence-corrected chi connectivity index (χ3v) is 7.46. The molecule has 0 radical (unpaired) electrons. The van der Waals surface area contributed by atoms with Crippen LogP contribution in [0, 0.1) is 6.92 Å². The standard InChI is InChI=1S/C23H31N3O4S/c1-19-9-10-21(30-3)22(17-19)31(28,29)26(12-11-20-7-5-4-6-8-20)18-23(27)25-15-13-24(2)14-16-25/h4-10,17H,11-16,18H2,1-3H3. The van der Waals surface area contributed by atoms with Gasteiger partial charge in [0, 0.05) is 32.7 Å². The Morgan fingerprint density at radius 3 is 2.39 bits per heavy atom. The molecule has 1 aliphatic heterocycles. The highest BCUT2D eigenvalue weighted by molar-refractivity contribution is 7.89. The number of methoxy groups -OCH3 is 1. The molecule has 0 unspecified atom stereocenters. The van der Waals surface area contributed by atoms with Crippen LogP contribution in [0.3, 0.4) is 0 Å². The van der Waals surface area contributed by atoms with Crippen LogP contribution < -0.4 is 4.74 Å². The van der Waals surface area contributed by atoms with Gasteiger partial charge in [0.25, 0.3) is 0 Å². The Hall–Kier alpha value is -2.42. The molecule has 1 saturated heterocycles. The number of benzene rings is 2. The van der Waals surface area contributed by atoms with Crippen LogP contribution in [0.1, 0.15) is 11.1 Å². The molecule has 8 heteroatoms. The van der Waals surface area contributed by atoms with Gasteiger partial charge >= 0.3 is 0 Å². The first-order valence-corrected chi connectivity index (χ1v) is 11.9. The summed E-state index contributed by atoms with van der Waals surface area (Å²) in [7, 11) is -0.462. The number of likely N-dealkylation sites (N-methyl/N-ethyl adjacent to an activating group) is 1. The quantitative estimate of drug-likeness (QED) is 0.622. The fourth-order valence-corrected chi connectivity index (χ4v) is 5.24. The zero-order valence-electron chi connectivity index (χ0n) is 18.5. The van der Waals surface area contributed by atoms with E-state index >= 15 is 0 Å². The number of hydrogen-bond donors (Lipinski definition) is 0. The molecule has 0 N–H and O–H groups in total. The Bertz CT molecular complexity index is 987. The van der Waals surface area contributed by atoms with E-state index in [4.69, 9.17) is 4.74 Å². The normalized spacial score (nSPS) is 15.3. The molecule has 0 atom stereocenters. The maximum atomic E-state index is 13.6. The van der Waals surface area contributed by atoms with Crippen LogP contribution in [0.5, 0.6) is 5.75 Å². The molecule has 0 bridgehead atoms. The number of amides is 1. The number of carbonyl (C=O) groups excluding carboxylic acids is 1. The van der Waals surface area contributed by atoms with Crippen molar-refractivity contribution in [2.24, 2.45) is 0 Å². The van der Waals surface area contributed by atoms with Crippen molar-refractivity contribution in [1.82, 2.24) is 14.1 Å². The van der Waals surface area contributed by atoms with E-state index in [1.54, 1.807) is 17.0 Å². The highest BCUT2D eigenvalue weighted by Crippen LogP contribution is 2.28. The van der Waals surface area contributed by atoms with Crippen molar-refractivity contribution in [2.45, 2.75) is 18.2 Å². The van der Waals surface area contributed by atoms with Crippen LogP contribution in [0.4, 0.5) is 0 Å². The summed E-state index contributed by atoms with van der Waals surface area (Å²) >= 11 is 0. The van der Waals surface area contributed by atoms with Gasteiger partial charge in [-0.2, -0.15) is 4.31 Å². The predicted octanol–water partition coefficient (Wildman–Crippen LogP) is 2.01. The fourth-order valence-electron chi connectivity index (χ4n) is 3.61. The Morgan fingerprint density at radius 2 is 1.74 bits per heavy atom. The summed E-state index contributed by atoms with van der Waals surface area (Å²) in [4.78, 5) is 17.0. The summed E-state index contributed by atoms with van der Waals surface area (Å²) in [6, 6.07) is 14.7. The van der Waals surface area contributed by atoms with Crippen LogP contribution in [-0.4, -0.2) is 81.9 Å². The van der Waals surface area contributed by atoms with E-state index in [1.807, 2.05) is 50.4 Å². The lowest BCUT2D eigenvalue weighted by molar-refractivity contribution is -0.132. The number of nitrogens with zero attached hydrogens (tertiary/aromatic N) is 3. The molecule has 168 valence electrons. The van der Waals surface area contributed by atoms with Gasteiger partial charge in [0.2, 0.25) is 15.9 Å². The molecule has 0 aliphatic carbocycles. The van der Waals surface area contributed by atoms with Crippen molar-refractivity contribution in [3.05, 3.63) is 59.7 Å². The van der Waals surface area contributed by atoms with Gasteiger partial charge in [-0.25, -0.2) is 8.42 Å². The summed E-state index contributed by atoms with van der Waals surface area (Å²) in [6.45, 7) is 4.65. The molecule has 3 rings (SSSR count). The Labute approximate surface area is 185 Å².